The highest BCUT2D eigenvalue weighted by Gasteiger charge is 2.20. The number of aryl methyl sites for hydroxylation is 1. The topological polar surface area (TPSA) is 118 Å². The number of carbonyl (C=O) groups excluding carboxylic acids is 3. The van der Waals surface area contributed by atoms with E-state index in [0.29, 0.717) is 33.4 Å². The molecule has 0 spiro atoms. The van der Waals surface area contributed by atoms with Crippen LogP contribution in [0.25, 0.3) is 11.7 Å². The second kappa shape index (κ2) is 15.3. The van der Waals surface area contributed by atoms with Gasteiger partial charge in [-0.25, -0.2) is 4.98 Å². The molecule has 5 rings (SSSR count). The lowest BCUT2D eigenvalue weighted by atomic mass is 10.1. The fourth-order valence-electron chi connectivity index (χ4n) is 4.58. The van der Waals surface area contributed by atoms with Gasteiger partial charge < -0.3 is 20.3 Å². The number of rotatable bonds is 11. The summed E-state index contributed by atoms with van der Waals surface area (Å²) < 4.78 is 8.75. The Bertz CT molecular complexity index is 1970. The third-order valence-corrected chi connectivity index (χ3v) is 8.87. The number of amides is 3. The Labute approximate surface area is 289 Å². The van der Waals surface area contributed by atoms with Crippen molar-refractivity contribution in [1.82, 2.24) is 19.7 Å². The number of hydrogen-bond donors (Lipinski definition) is 2. The second-order valence-electron chi connectivity index (χ2n) is 10.4. The highest BCUT2D eigenvalue weighted by molar-refractivity contribution is 9.10. The quantitative estimate of drug-likeness (QED) is 0.147. The van der Waals surface area contributed by atoms with Gasteiger partial charge in [0.1, 0.15) is 11.2 Å². The van der Waals surface area contributed by atoms with Crippen molar-refractivity contribution in [2.45, 2.75) is 20.0 Å². The third kappa shape index (κ3) is 8.37. The van der Waals surface area contributed by atoms with Crippen molar-refractivity contribution in [3.63, 3.8) is 0 Å². The molecule has 0 fully saturated rings. The van der Waals surface area contributed by atoms with Crippen molar-refractivity contribution in [1.29, 1.82) is 0 Å². The number of fused-ring (bicyclic) bond motifs is 1. The highest BCUT2D eigenvalue weighted by Crippen LogP contribution is 2.35. The van der Waals surface area contributed by atoms with Crippen LogP contribution >= 0.6 is 39.1 Å². The van der Waals surface area contributed by atoms with Gasteiger partial charge in [-0.2, -0.15) is 0 Å². The molecule has 0 aliphatic rings. The molecule has 2 aromatic carbocycles. The molecule has 2 N–H and O–H groups in total. The van der Waals surface area contributed by atoms with Crippen LogP contribution in [0.5, 0.6) is 5.75 Å². The standard InChI is InChI=1S/C34H29BrCl2N6O4/c1-21-33(35)43-17-3-4-28(34(43)40-21)47-20-25-26(36)10-11-27(32(25)37)42(2)31(46)19-39-29(44)12-7-22-5-8-24(9-6-22)41-30(45)18-23-13-15-38-16-14-23/h3-17H,18-20H2,1-2H3,(H,39,44)(H,41,45)/b12-7+. The number of ether oxygens (including phenoxy) is 1. The largest absolute Gasteiger partial charge is 0.485 e. The van der Waals surface area contributed by atoms with E-state index in [1.54, 1.807) is 80.1 Å². The maximum atomic E-state index is 13.0. The van der Waals surface area contributed by atoms with Crippen molar-refractivity contribution < 1.29 is 19.1 Å². The molecule has 0 aliphatic carbocycles. The summed E-state index contributed by atoms with van der Waals surface area (Å²) in [6.07, 6.45) is 8.33. The lowest BCUT2D eigenvalue weighted by Crippen LogP contribution is -2.37. The van der Waals surface area contributed by atoms with Crippen LogP contribution in [0.4, 0.5) is 11.4 Å². The lowest BCUT2D eigenvalue weighted by molar-refractivity contribution is -0.122. The van der Waals surface area contributed by atoms with Crippen molar-refractivity contribution in [3.05, 3.63) is 122 Å². The van der Waals surface area contributed by atoms with E-state index < -0.39 is 11.8 Å². The maximum Gasteiger partial charge on any atom is 0.246 e. The molecular formula is C34H29BrCl2N6O4. The fourth-order valence-corrected chi connectivity index (χ4v) is 5.56. The Morgan fingerprint density at radius 3 is 2.53 bits per heavy atom. The molecule has 0 atom stereocenters. The SMILES string of the molecule is Cc1nc2c(OCc3c(Cl)ccc(N(C)C(=O)CNC(=O)/C=C/c4ccc(NC(=O)Cc5ccncc5)cc4)c3Cl)cccn2c1Br. The normalized spacial score (nSPS) is 11.1. The van der Waals surface area contributed by atoms with Gasteiger partial charge in [0.25, 0.3) is 0 Å². The van der Waals surface area contributed by atoms with E-state index in [9.17, 15) is 14.4 Å². The molecule has 0 radical (unpaired) electrons. The summed E-state index contributed by atoms with van der Waals surface area (Å²) in [5, 5.41) is 6.07. The predicted octanol–water partition coefficient (Wildman–Crippen LogP) is 6.66. The zero-order valence-electron chi connectivity index (χ0n) is 25.3. The summed E-state index contributed by atoms with van der Waals surface area (Å²) in [4.78, 5) is 47.6. The first-order valence-electron chi connectivity index (χ1n) is 14.3. The Balaban J connectivity index is 1.14. The molecule has 240 valence electrons. The summed E-state index contributed by atoms with van der Waals surface area (Å²) in [7, 11) is 1.56. The number of hydrogen-bond acceptors (Lipinski definition) is 6. The Morgan fingerprint density at radius 1 is 1.04 bits per heavy atom. The number of halogens is 3. The molecule has 0 aliphatic heterocycles. The molecule has 3 heterocycles. The minimum absolute atomic E-state index is 0.0389. The average Bonchev–Trinajstić information content (AvgIpc) is 3.36. The van der Waals surface area contributed by atoms with Crippen LogP contribution in [0.15, 0.2) is 89.9 Å². The molecule has 0 saturated heterocycles. The first-order chi connectivity index (χ1) is 22.6. The monoisotopic (exact) mass is 734 g/mol. The third-order valence-electron chi connectivity index (χ3n) is 7.14. The van der Waals surface area contributed by atoms with E-state index in [1.165, 1.54) is 11.0 Å². The van der Waals surface area contributed by atoms with Crippen molar-refractivity contribution in [3.8, 4) is 5.75 Å². The summed E-state index contributed by atoms with van der Waals surface area (Å²) in [6, 6.07) is 17.5. The van der Waals surface area contributed by atoms with Crippen molar-refractivity contribution in [2.75, 3.05) is 23.8 Å². The van der Waals surface area contributed by atoms with E-state index >= 15 is 0 Å². The predicted molar refractivity (Wildman–Crippen MR) is 187 cm³/mol. The number of carbonyl (C=O) groups is 3. The van der Waals surface area contributed by atoms with Gasteiger partial charge in [-0.3, -0.25) is 23.8 Å². The number of nitrogens with zero attached hydrogens (tertiary/aromatic N) is 4. The number of pyridine rings is 2. The van der Waals surface area contributed by atoms with Crippen molar-refractivity contribution >= 4 is 80.0 Å². The summed E-state index contributed by atoms with van der Waals surface area (Å²) in [5.41, 5.74) is 4.60. The molecular weight excluding hydrogens is 707 g/mol. The van der Waals surface area contributed by atoms with Crippen LogP contribution in [-0.2, 0) is 27.4 Å². The number of aromatic nitrogens is 3. The van der Waals surface area contributed by atoms with Gasteiger partial charge >= 0.3 is 0 Å². The number of benzene rings is 2. The molecule has 0 bridgehead atoms. The minimum atomic E-state index is -0.451. The van der Waals surface area contributed by atoms with Gasteiger partial charge in [-0.15, -0.1) is 0 Å². The van der Waals surface area contributed by atoms with Gasteiger partial charge in [-0.1, -0.05) is 35.3 Å². The van der Waals surface area contributed by atoms with Crippen LogP contribution in [0.2, 0.25) is 10.0 Å². The lowest BCUT2D eigenvalue weighted by Gasteiger charge is -2.21. The fraction of sp³-hybridized carbons (Fsp3) is 0.147. The van der Waals surface area contributed by atoms with Crippen LogP contribution < -0.4 is 20.3 Å². The number of likely N-dealkylation sites (N-methyl/N-ethyl adjacent to an activating group) is 1. The van der Waals surface area contributed by atoms with Gasteiger partial charge in [0.2, 0.25) is 17.7 Å². The van der Waals surface area contributed by atoms with E-state index in [1.807, 2.05) is 23.6 Å². The summed E-state index contributed by atoms with van der Waals surface area (Å²) in [6.45, 7) is 1.67. The van der Waals surface area contributed by atoms with E-state index in [4.69, 9.17) is 27.9 Å². The van der Waals surface area contributed by atoms with E-state index in [2.05, 4.69) is 36.5 Å². The minimum Gasteiger partial charge on any atom is -0.485 e. The highest BCUT2D eigenvalue weighted by atomic mass is 79.9. The first kappa shape index (κ1) is 33.6. The number of imidazole rings is 1. The van der Waals surface area contributed by atoms with Gasteiger partial charge in [0.15, 0.2) is 11.4 Å². The summed E-state index contributed by atoms with van der Waals surface area (Å²) >= 11 is 16.7. The first-order valence-corrected chi connectivity index (χ1v) is 15.9. The smallest absolute Gasteiger partial charge is 0.246 e. The molecule has 47 heavy (non-hydrogen) atoms. The molecule has 0 unspecified atom stereocenters. The van der Waals surface area contributed by atoms with Gasteiger partial charge in [0.05, 0.1) is 29.4 Å². The van der Waals surface area contributed by atoms with Gasteiger partial charge in [-0.05, 0) is 88.6 Å². The number of nitrogens with one attached hydrogen (secondary N) is 2. The van der Waals surface area contributed by atoms with Crippen LogP contribution in [-0.4, -0.2) is 45.7 Å². The average molecular weight is 736 g/mol. The van der Waals surface area contributed by atoms with Crippen LogP contribution in [0.3, 0.4) is 0 Å². The molecule has 5 aromatic rings. The zero-order chi connectivity index (χ0) is 33.5. The van der Waals surface area contributed by atoms with E-state index in [-0.39, 0.29) is 30.5 Å². The maximum absolute atomic E-state index is 13.0. The Morgan fingerprint density at radius 2 is 1.79 bits per heavy atom. The molecule has 10 nitrogen and oxygen atoms in total. The molecule has 0 saturated carbocycles. The second-order valence-corrected chi connectivity index (χ2v) is 11.9. The summed E-state index contributed by atoms with van der Waals surface area (Å²) in [5.74, 6) is -0.450. The molecule has 3 aromatic heterocycles. The van der Waals surface area contributed by atoms with Gasteiger partial charge in [0, 0.05) is 48.0 Å². The van der Waals surface area contributed by atoms with Crippen molar-refractivity contribution in [2.24, 2.45) is 0 Å². The number of anilines is 2. The molecule has 3 amide bonds. The Hall–Kier alpha value is -4.71. The van der Waals surface area contributed by atoms with Crippen LogP contribution in [0.1, 0.15) is 22.4 Å². The Kier molecular flexibility index (Phi) is 10.9. The van der Waals surface area contributed by atoms with Crippen LogP contribution in [0, 0.1) is 6.92 Å². The molecule has 13 heteroatoms. The zero-order valence-corrected chi connectivity index (χ0v) is 28.4. The van der Waals surface area contributed by atoms with E-state index in [0.717, 1.165) is 21.4 Å².